The second-order valence-corrected chi connectivity index (χ2v) is 5.97. The van der Waals surface area contributed by atoms with Crippen LogP contribution in [0.15, 0.2) is 24.3 Å². The molecule has 0 saturated carbocycles. The Balaban J connectivity index is 2.86. The molecule has 2 unspecified atom stereocenters. The predicted molar refractivity (Wildman–Crippen MR) is 92.0 cm³/mol. The van der Waals surface area contributed by atoms with Crippen molar-refractivity contribution in [1.82, 2.24) is 5.32 Å². The summed E-state index contributed by atoms with van der Waals surface area (Å²) >= 11 is 1.53. The Labute approximate surface area is 145 Å². The number of hydrogen-bond donors (Lipinski definition) is 2. The van der Waals surface area contributed by atoms with Gasteiger partial charge in [-0.25, -0.2) is 4.79 Å². The molecule has 0 bridgehead atoms. The van der Waals surface area contributed by atoms with Gasteiger partial charge in [-0.3, -0.25) is 9.59 Å². The van der Waals surface area contributed by atoms with Crippen molar-refractivity contribution in [3.63, 3.8) is 0 Å². The van der Waals surface area contributed by atoms with Crippen molar-refractivity contribution < 1.29 is 23.9 Å². The number of benzene rings is 1. The first-order valence-electron chi connectivity index (χ1n) is 7.33. The summed E-state index contributed by atoms with van der Waals surface area (Å²) < 4.78 is 10.1. The van der Waals surface area contributed by atoms with E-state index in [0.717, 1.165) is 0 Å². The number of ether oxygens (including phenoxy) is 2. The maximum absolute atomic E-state index is 12.4. The van der Waals surface area contributed by atoms with Gasteiger partial charge in [-0.05, 0) is 37.5 Å². The van der Waals surface area contributed by atoms with Gasteiger partial charge in [-0.1, -0.05) is 12.1 Å². The van der Waals surface area contributed by atoms with Crippen molar-refractivity contribution in [2.45, 2.75) is 25.5 Å². The van der Waals surface area contributed by atoms with E-state index in [1.165, 1.54) is 25.8 Å². The highest BCUT2D eigenvalue weighted by Gasteiger charge is 2.26. The minimum absolute atomic E-state index is 0.310. The number of nitrogens with one attached hydrogen (secondary N) is 1. The summed E-state index contributed by atoms with van der Waals surface area (Å²) in [4.78, 5) is 35.7. The van der Waals surface area contributed by atoms with E-state index in [4.69, 9.17) is 15.2 Å². The van der Waals surface area contributed by atoms with E-state index in [1.807, 2.05) is 6.26 Å². The highest BCUT2D eigenvalue weighted by atomic mass is 32.2. The van der Waals surface area contributed by atoms with E-state index in [0.29, 0.717) is 23.5 Å². The second-order valence-electron chi connectivity index (χ2n) is 4.99. The number of rotatable bonds is 9. The average Bonchev–Trinajstić information content (AvgIpc) is 2.57. The molecule has 7 nitrogen and oxygen atoms in total. The van der Waals surface area contributed by atoms with Crippen molar-refractivity contribution in [3.8, 4) is 5.75 Å². The lowest BCUT2D eigenvalue weighted by atomic mass is 10.1. The number of hydrogen-bond acceptors (Lipinski definition) is 6. The summed E-state index contributed by atoms with van der Waals surface area (Å²) in [7, 11) is 1.46. The minimum atomic E-state index is -1.06. The highest BCUT2D eigenvalue weighted by molar-refractivity contribution is 7.98. The number of esters is 1. The Morgan fingerprint density at radius 1 is 1.29 bits per heavy atom. The van der Waals surface area contributed by atoms with Crippen LogP contribution in [0.2, 0.25) is 0 Å². The minimum Gasteiger partial charge on any atom is -0.496 e. The standard InChI is InChI=1S/C16H22N2O5S/c1-10(14(17)19)23-16(21)12(8-9-24-3)18-15(20)11-6-4-5-7-13(11)22-2/h4-7,10,12H,8-9H2,1-3H3,(H2,17,19)(H,18,20). The smallest absolute Gasteiger partial charge is 0.329 e. The van der Waals surface area contributed by atoms with Gasteiger partial charge < -0.3 is 20.5 Å². The molecular weight excluding hydrogens is 332 g/mol. The summed E-state index contributed by atoms with van der Waals surface area (Å²) in [6, 6.07) is 5.80. The maximum Gasteiger partial charge on any atom is 0.329 e. The second kappa shape index (κ2) is 9.82. The lowest BCUT2D eigenvalue weighted by Crippen LogP contribution is -2.44. The Kier molecular flexibility index (Phi) is 8.11. The topological polar surface area (TPSA) is 108 Å². The molecule has 0 spiro atoms. The highest BCUT2D eigenvalue weighted by Crippen LogP contribution is 2.17. The number of carbonyl (C=O) groups is 3. The molecule has 24 heavy (non-hydrogen) atoms. The molecule has 1 aromatic rings. The quantitative estimate of drug-likeness (QED) is 0.640. The maximum atomic E-state index is 12.4. The molecule has 8 heteroatoms. The summed E-state index contributed by atoms with van der Waals surface area (Å²) in [5.74, 6) is -0.863. The monoisotopic (exact) mass is 354 g/mol. The Bertz CT molecular complexity index is 594. The Morgan fingerprint density at radius 2 is 1.96 bits per heavy atom. The molecule has 0 fully saturated rings. The van der Waals surface area contributed by atoms with Gasteiger partial charge >= 0.3 is 5.97 Å². The van der Waals surface area contributed by atoms with Crippen molar-refractivity contribution >= 4 is 29.5 Å². The summed E-state index contributed by atoms with van der Waals surface area (Å²) in [6.45, 7) is 1.38. The van der Waals surface area contributed by atoms with Crippen LogP contribution in [0, 0.1) is 0 Å². The molecule has 0 heterocycles. The molecular formula is C16H22N2O5S. The van der Waals surface area contributed by atoms with Crippen LogP contribution in [-0.4, -0.2) is 49.0 Å². The Morgan fingerprint density at radius 3 is 2.54 bits per heavy atom. The van der Waals surface area contributed by atoms with E-state index in [2.05, 4.69) is 5.32 Å². The van der Waals surface area contributed by atoms with Gasteiger partial charge in [0.05, 0.1) is 12.7 Å². The van der Waals surface area contributed by atoms with Gasteiger partial charge in [0.2, 0.25) is 0 Å². The van der Waals surface area contributed by atoms with Gasteiger partial charge in [0.15, 0.2) is 6.10 Å². The van der Waals surface area contributed by atoms with E-state index < -0.39 is 29.9 Å². The van der Waals surface area contributed by atoms with E-state index >= 15 is 0 Å². The van der Waals surface area contributed by atoms with Crippen molar-refractivity contribution in [2.75, 3.05) is 19.1 Å². The molecule has 1 rings (SSSR count). The van der Waals surface area contributed by atoms with Gasteiger partial charge in [0.25, 0.3) is 11.8 Å². The molecule has 0 saturated heterocycles. The number of amides is 2. The van der Waals surface area contributed by atoms with Gasteiger partial charge in [0, 0.05) is 0 Å². The van der Waals surface area contributed by atoms with Crippen molar-refractivity contribution in [1.29, 1.82) is 0 Å². The molecule has 0 aromatic heterocycles. The van der Waals surface area contributed by atoms with Crippen molar-refractivity contribution in [3.05, 3.63) is 29.8 Å². The van der Waals surface area contributed by atoms with Crippen LogP contribution in [0.1, 0.15) is 23.7 Å². The third-order valence-corrected chi connectivity index (χ3v) is 3.89. The number of thioether (sulfide) groups is 1. The van der Waals surface area contributed by atoms with E-state index in [1.54, 1.807) is 24.3 Å². The fourth-order valence-corrected chi connectivity index (χ4v) is 2.34. The number of primary amides is 1. The van der Waals surface area contributed by atoms with Crippen LogP contribution in [0.5, 0.6) is 5.75 Å². The number of methoxy groups -OCH3 is 1. The molecule has 0 radical (unpaired) electrons. The van der Waals surface area contributed by atoms with Crippen LogP contribution >= 0.6 is 11.8 Å². The fourth-order valence-electron chi connectivity index (χ4n) is 1.87. The van der Waals surface area contributed by atoms with Crippen LogP contribution in [-0.2, 0) is 14.3 Å². The fraction of sp³-hybridized carbons (Fsp3) is 0.438. The molecule has 1 aromatic carbocycles. The van der Waals surface area contributed by atoms with Crippen LogP contribution in [0.3, 0.4) is 0 Å². The zero-order valence-corrected chi connectivity index (χ0v) is 14.7. The van der Waals surface area contributed by atoms with Crippen LogP contribution < -0.4 is 15.8 Å². The molecule has 132 valence electrons. The van der Waals surface area contributed by atoms with Gasteiger partial charge in [-0.2, -0.15) is 11.8 Å². The summed E-state index contributed by atoms with van der Waals surface area (Å²) in [5.41, 5.74) is 5.40. The first kappa shape index (κ1) is 19.8. The number of carbonyl (C=O) groups excluding carboxylic acids is 3. The zero-order valence-electron chi connectivity index (χ0n) is 13.9. The van der Waals surface area contributed by atoms with E-state index in [9.17, 15) is 14.4 Å². The first-order valence-corrected chi connectivity index (χ1v) is 8.72. The Hall–Kier alpha value is -2.22. The number of nitrogens with two attached hydrogens (primary N) is 1. The largest absolute Gasteiger partial charge is 0.496 e. The third-order valence-electron chi connectivity index (χ3n) is 3.25. The number of para-hydroxylation sites is 1. The molecule has 0 aliphatic heterocycles. The third kappa shape index (κ3) is 5.77. The van der Waals surface area contributed by atoms with Crippen LogP contribution in [0.4, 0.5) is 0 Å². The SMILES string of the molecule is COc1ccccc1C(=O)NC(CCSC)C(=O)OC(C)C(N)=O. The normalized spacial score (nSPS) is 12.8. The predicted octanol–water partition coefficient (Wildman–Crippen LogP) is 0.964. The lowest BCUT2D eigenvalue weighted by Gasteiger charge is -2.19. The average molecular weight is 354 g/mol. The molecule has 2 amide bonds. The van der Waals surface area contributed by atoms with Crippen LogP contribution in [0.25, 0.3) is 0 Å². The summed E-state index contributed by atoms with van der Waals surface area (Å²) in [5, 5.41) is 2.63. The molecule has 3 N–H and O–H groups in total. The molecule has 0 aliphatic carbocycles. The molecule has 0 aliphatic rings. The van der Waals surface area contributed by atoms with Gasteiger partial charge in [-0.15, -0.1) is 0 Å². The first-order chi connectivity index (χ1) is 11.4. The van der Waals surface area contributed by atoms with E-state index in [-0.39, 0.29) is 0 Å². The lowest BCUT2D eigenvalue weighted by molar-refractivity contribution is -0.155. The van der Waals surface area contributed by atoms with Gasteiger partial charge in [0.1, 0.15) is 11.8 Å². The molecule has 2 atom stereocenters. The summed E-state index contributed by atoms with van der Waals surface area (Å²) in [6.07, 6.45) is 1.19. The van der Waals surface area contributed by atoms with Crippen molar-refractivity contribution in [2.24, 2.45) is 5.73 Å². The zero-order chi connectivity index (χ0) is 18.1.